The van der Waals surface area contributed by atoms with Crippen LogP contribution in [0.2, 0.25) is 0 Å². The summed E-state index contributed by atoms with van der Waals surface area (Å²) in [5, 5.41) is 0.521. The van der Waals surface area contributed by atoms with E-state index in [1.807, 2.05) is 26.0 Å². The third-order valence-electron chi connectivity index (χ3n) is 2.59. The lowest BCUT2D eigenvalue weighted by Gasteiger charge is -2.11. The van der Waals surface area contributed by atoms with Crippen LogP contribution >= 0.6 is 11.6 Å². The second-order valence-corrected chi connectivity index (χ2v) is 5.10. The van der Waals surface area contributed by atoms with E-state index < -0.39 is 6.23 Å². The van der Waals surface area contributed by atoms with Crippen LogP contribution in [0.4, 0.5) is 4.39 Å². The molecule has 0 rings (SSSR count). The number of rotatable bonds is 8. The minimum Gasteiger partial charge on any atom is -0.348 e. The molecule has 0 aromatic rings. The van der Waals surface area contributed by atoms with Crippen LogP contribution in [-0.4, -0.2) is 19.0 Å². The molecule has 2 nitrogen and oxygen atoms in total. The van der Waals surface area contributed by atoms with Gasteiger partial charge >= 0.3 is 0 Å². The predicted molar refractivity (Wildman–Crippen MR) is 90.4 cm³/mol. The third-order valence-corrected chi connectivity index (χ3v) is 2.97. The van der Waals surface area contributed by atoms with Crippen LogP contribution in [0, 0.1) is 0 Å². The second-order valence-electron chi connectivity index (χ2n) is 4.69. The predicted octanol–water partition coefficient (Wildman–Crippen LogP) is 5.49. The summed E-state index contributed by atoms with van der Waals surface area (Å²) < 4.78 is 18.8. The first-order valence-corrected chi connectivity index (χ1v) is 6.98. The molecule has 0 aromatic carbocycles. The van der Waals surface area contributed by atoms with Crippen LogP contribution in [0.25, 0.3) is 0 Å². The first-order valence-electron chi connectivity index (χ1n) is 6.60. The van der Waals surface area contributed by atoms with Crippen molar-refractivity contribution in [3.05, 3.63) is 59.0 Å². The Bertz CT molecular complexity index is 497. The van der Waals surface area contributed by atoms with Crippen LogP contribution in [0.1, 0.15) is 27.7 Å². The van der Waals surface area contributed by atoms with Crippen molar-refractivity contribution in [2.45, 2.75) is 33.9 Å². The zero-order valence-electron chi connectivity index (χ0n) is 13.1. The molecular weight excluding hydrogens is 289 g/mol. The molecular formula is C17H23ClFNO. The lowest BCUT2D eigenvalue weighted by molar-refractivity contribution is 0.113. The Balaban J connectivity index is 4.61. The topological polar surface area (TPSA) is 21.6 Å². The van der Waals surface area contributed by atoms with Gasteiger partial charge < -0.3 is 4.74 Å². The molecule has 116 valence electrons. The smallest absolute Gasteiger partial charge is 0.167 e. The second kappa shape index (κ2) is 10.3. The SMILES string of the molecule is C=CC(/N=C\C(F)=C(C)C)OCC(=C)/C(Cl)=C\C(C)=C/C. The van der Waals surface area contributed by atoms with E-state index in [-0.39, 0.29) is 12.4 Å². The van der Waals surface area contributed by atoms with Crippen molar-refractivity contribution < 1.29 is 9.13 Å². The summed E-state index contributed by atoms with van der Waals surface area (Å²) in [6.45, 7) is 14.8. The number of allylic oxidation sites excluding steroid dienone is 5. The molecule has 21 heavy (non-hydrogen) atoms. The molecule has 4 heteroatoms. The molecule has 0 saturated carbocycles. The molecule has 0 aliphatic carbocycles. The minimum absolute atomic E-state index is 0.191. The molecule has 0 aliphatic heterocycles. The van der Waals surface area contributed by atoms with Gasteiger partial charge in [-0.05, 0) is 51.0 Å². The summed E-state index contributed by atoms with van der Waals surface area (Å²) in [5.41, 5.74) is 2.21. The Labute approximate surface area is 132 Å². The Morgan fingerprint density at radius 3 is 2.48 bits per heavy atom. The summed E-state index contributed by atoms with van der Waals surface area (Å²) >= 11 is 6.11. The molecule has 0 spiro atoms. The number of nitrogens with zero attached hydrogens (tertiary/aromatic N) is 1. The maximum absolute atomic E-state index is 13.3. The molecule has 0 bridgehead atoms. The van der Waals surface area contributed by atoms with Gasteiger partial charge in [0.25, 0.3) is 0 Å². The zero-order valence-corrected chi connectivity index (χ0v) is 13.9. The van der Waals surface area contributed by atoms with Gasteiger partial charge in [-0.3, -0.25) is 4.99 Å². The molecule has 0 amide bonds. The van der Waals surface area contributed by atoms with Gasteiger partial charge in [0, 0.05) is 5.03 Å². The van der Waals surface area contributed by atoms with Gasteiger partial charge in [-0.1, -0.05) is 36.4 Å². The molecule has 0 heterocycles. The highest BCUT2D eigenvalue weighted by Gasteiger charge is 2.05. The van der Waals surface area contributed by atoms with E-state index in [0.717, 1.165) is 11.8 Å². The largest absolute Gasteiger partial charge is 0.348 e. The summed E-state index contributed by atoms with van der Waals surface area (Å²) in [7, 11) is 0. The van der Waals surface area contributed by atoms with Crippen molar-refractivity contribution in [2.75, 3.05) is 6.61 Å². The standard InChI is InChI=1S/C17H23ClFNO/c1-7-13(5)9-15(18)14(6)11-21-17(8-2)20-10-16(19)12(3)4/h7-10,17H,2,6,11H2,1,3-5H3/b13-7-,15-9+,20-10-. The van der Waals surface area contributed by atoms with Crippen LogP contribution in [-0.2, 0) is 4.74 Å². The van der Waals surface area contributed by atoms with Crippen LogP contribution in [0.5, 0.6) is 0 Å². The lowest BCUT2D eigenvalue weighted by Crippen LogP contribution is -2.09. The van der Waals surface area contributed by atoms with E-state index in [1.165, 1.54) is 6.08 Å². The number of hydrogen-bond donors (Lipinski definition) is 0. The molecule has 0 saturated heterocycles. The van der Waals surface area contributed by atoms with Crippen LogP contribution in [0.15, 0.2) is 64.0 Å². The van der Waals surface area contributed by atoms with Gasteiger partial charge in [0.15, 0.2) is 6.23 Å². The first-order chi connectivity index (χ1) is 9.81. The third kappa shape index (κ3) is 8.43. The summed E-state index contributed by atoms with van der Waals surface area (Å²) in [6.07, 6.45) is 5.72. The Hall–Kier alpha value is -1.45. The van der Waals surface area contributed by atoms with Crippen LogP contribution < -0.4 is 0 Å². The van der Waals surface area contributed by atoms with Crippen molar-refractivity contribution in [1.29, 1.82) is 0 Å². The van der Waals surface area contributed by atoms with Gasteiger partial charge in [-0.15, -0.1) is 0 Å². The van der Waals surface area contributed by atoms with E-state index in [4.69, 9.17) is 16.3 Å². The number of halogens is 2. The monoisotopic (exact) mass is 311 g/mol. The molecule has 0 aromatic heterocycles. The molecule has 1 atom stereocenters. The lowest BCUT2D eigenvalue weighted by atomic mass is 10.2. The van der Waals surface area contributed by atoms with Gasteiger partial charge in [-0.25, -0.2) is 4.39 Å². The number of ether oxygens (including phenoxy) is 1. The number of hydrogen-bond acceptors (Lipinski definition) is 2. The van der Waals surface area contributed by atoms with Crippen molar-refractivity contribution in [2.24, 2.45) is 4.99 Å². The number of aliphatic imine (C=N–C) groups is 1. The average molecular weight is 312 g/mol. The highest BCUT2D eigenvalue weighted by atomic mass is 35.5. The fourth-order valence-electron chi connectivity index (χ4n) is 1.08. The Morgan fingerprint density at radius 2 is 2.00 bits per heavy atom. The van der Waals surface area contributed by atoms with Crippen molar-refractivity contribution in [3.63, 3.8) is 0 Å². The van der Waals surface area contributed by atoms with E-state index in [2.05, 4.69) is 18.2 Å². The maximum Gasteiger partial charge on any atom is 0.167 e. The van der Waals surface area contributed by atoms with Crippen molar-refractivity contribution in [3.8, 4) is 0 Å². The van der Waals surface area contributed by atoms with Gasteiger partial charge in [0.05, 0.1) is 12.8 Å². The Kier molecular flexibility index (Phi) is 9.59. The minimum atomic E-state index is -0.640. The molecule has 0 aliphatic rings. The molecule has 0 fully saturated rings. The molecule has 0 radical (unpaired) electrons. The van der Waals surface area contributed by atoms with Gasteiger partial charge in [-0.2, -0.15) is 0 Å². The van der Waals surface area contributed by atoms with Crippen molar-refractivity contribution in [1.82, 2.24) is 0 Å². The van der Waals surface area contributed by atoms with E-state index in [1.54, 1.807) is 13.8 Å². The fraction of sp³-hybridized carbons (Fsp3) is 0.353. The van der Waals surface area contributed by atoms with E-state index in [9.17, 15) is 4.39 Å². The van der Waals surface area contributed by atoms with Crippen molar-refractivity contribution >= 4 is 17.8 Å². The van der Waals surface area contributed by atoms with Gasteiger partial charge in [0.2, 0.25) is 0 Å². The molecule has 1 unspecified atom stereocenters. The Morgan fingerprint density at radius 1 is 1.38 bits per heavy atom. The highest BCUT2D eigenvalue weighted by Crippen LogP contribution is 2.16. The summed E-state index contributed by atoms with van der Waals surface area (Å²) in [6, 6.07) is 0. The van der Waals surface area contributed by atoms with E-state index >= 15 is 0 Å². The van der Waals surface area contributed by atoms with E-state index in [0.29, 0.717) is 16.2 Å². The highest BCUT2D eigenvalue weighted by molar-refractivity contribution is 6.32. The first kappa shape index (κ1) is 19.6. The zero-order chi connectivity index (χ0) is 16.4. The van der Waals surface area contributed by atoms with Crippen LogP contribution in [0.3, 0.4) is 0 Å². The fourth-order valence-corrected chi connectivity index (χ4v) is 1.31. The quantitative estimate of drug-likeness (QED) is 0.330. The summed E-state index contributed by atoms with van der Waals surface area (Å²) in [5.74, 6) is -0.383. The molecule has 0 N–H and O–H groups in total. The maximum atomic E-state index is 13.3. The van der Waals surface area contributed by atoms with Gasteiger partial charge in [0.1, 0.15) is 5.83 Å². The normalized spacial score (nSPS) is 14.2. The summed E-state index contributed by atoms with van der Waals surface area (Å²) in [4.78, 5) is 3.96. The average Bonchev–Trinajstić information content (AvgIpc) is 2.46.